The normalized spacial score (nSPS) is 19.2. The first-order chi connectivity index (χ1) is 8.15. The third-order valence-corrected chi connectivity index (χ3v) is 3.80. The topological polar surface area (TPSA) is 35.2 Å². The van der Waals surface area contributed by atoms with Crippen LogP contribution in [0.2, 0.25) is 5.02 Å². The summed E-state index contributed by atoms with van der Waals surface area (Å²) in [6.07, 6.45) is 2.45. The molecule has 0 amide bonds. The van der Waals surface area contributed by atoms with Crippen LogP contribution in [0.25, 0.3) is 0 Å². The molecule has 17 heavy (non-hydrogen) atoms. The summed E-state index contributed by atoms with van der Waals surface area (Å²) >= 11 is 5.74. The van der Waals surface area contributed by atoms with Gasteiger partial charge >= 0.3 is 0 Å². The lowest BCUT2D eigenvalue weighted by Gasteiger charge is -2.36. The van der Waals surface area contributed by atoms with Crippen LogP contribution in [0.15, 0.2) is 18.2 Å². The predicted molar refractivity (Wildman–Crippen MR) is 66.7 cm³/mol. The molecule has 1 fully saturated rings. The minimum Gasteiger partial charge on any atom is -0.381 e. The second kappa shape index (κ2) is 5.34. The lowest BCUT2D eigenvalue weighted by molar-refractivity contribution is 0.0187. The average Bonchev–Trinajstić information content (AvgIpc) is 2.34. The Hall–Kier alpha value is -0.640. The Morgan fingerprint density at radius 1 is 1.35 bits per heavy atom. The molecule has 1 heterocycles. The summed E-state index contributed by atoms with van der Waals surface area (Å²) in [5.41, 5.74) is 6.54. The van der Waals surface area contributed by atoms with Crippen LogP contribution in [-0.2, 0) is 11.2 Å². The van der Waals surface area contributed by atoms with Crippen molar-refractivity contribution in [2.45, 2.75) is 19.3 Å². The Morgan fingerprint density at radius 3 is 2.65 bits per heavy atom. The first-order valence-electron chi connectivity index (χ1n) is 5.87. The van der Waals surface area contributed by atoms with E-state index in [1.165, 1.54) is 6.07 Å². The third kappa shape index (κ3) is 2.97. The monoisotopic (exact) mass is 257 g/mol. The van der Waals surface area contributed by atoms with E-state index in [1.807, 2.05) is 0 Å². The molecule has 2 nitrogen and oxygen atoms in total. The fraction of sp³-hybridized carbons (Fsp3) is 0.538. The van der Waals surface area contributed by atoms with E-state index in [1.54, 1.807) is 12.1 Å². The minimum absolute atomic E-state index is 0.0209. The number of ether oxygens (including phenoxy) is 1. The number of rotatable bonds is 3. The lowest BCUT2D eigenvalue weighted by atomic mass is 9.75. The fourth-order valence-corrected chi connectivity index (χ4v) is 2.49. The molecule has 0 aliphatic carbocycles. The molecule has 2 N–H and O–H groups in total. The van der Waals surface area contributed by atoms with E-state index in [4.69, 9.17) is 22.1 Å². The molecule has 0 atom stereocenters. The van der Waals surface area contributed by atoms with Gasteiger partial charge in [0.25, 0.3) is 0 Å². The van der Waals surface area contributed by atoms with Gasteiger partial charge in [-0.25, -0.2) is 4.39 Å². The molecular formula is C13H17ClFNO. The molecular weight excluding hydrogens is 241 g/mol. The van der Waals surface area contributed by atoms with Gasteiger partial charge in [0.15, 0.2) is 0 Å². The number of nitrogens with two attached hydrogens (primary N) is 1. The predicted octanol–water partition coefficient (Wildman–Crippen LogP) is 2.78. The molecule has 1 aliphatic heterocycles. The summed E-state index contributed by atoms with van der Waals surface area (Å²) < 4.78 is 19.1. The Kier molecular flexibility index (Phi) is 4.02. The van der Waals surface area contributed by atoms with Crippen LogP contribution in [0, 0.1) is 11.2 Å². The number of benzene rings is 1. The number of hydrogen-bond donors (Lipinski definition) is 1. The highest BCUT2D eigenvalue weighted by atomic mass is 35.5. The molecule has 1 aliphatic rings. The van der Waals surface area contributed by atoms with Gasteiger partial charge in [0, 0.05) is 18.2 Å². The number of hydrogen-bond acceptors (Lipinski definition) is 2. The van der Waals surface area contributed by atoms with Crippen LogP contribution in [0.1, 0.15) is 18.4 Å². The minimum atomic E-state index is -0.239. The van der Waals surface area contributed by atoms with E-state index in [0.717, 1.165) is 12.8 Å². The van der Waals surface area contributed by atoms with Gasteiger partial charge in [-0.05, 0) is 48.9 Å². The van der Waals surface area contributed by atoms with Gasteiger partial charge in [0.05, 0.1) is 0 Å². The van der Waals surface area contributed by atoms with Crippen LogP contribution < -0.4 is 5.73 Å². The van der Waals surface area contributed by atoms with Gasteiger partial charge in [-0.2, -0.15) is 0 Å². The Bertz CT molecular complexity index is 391. The van der Waals surface area contributed by atoms with E-state index < -0.39 is 0 Å². The third-order valence-electron chi connectivity index (χ3n) is 3.57. The first kappa shape index (κ1) is 12.8. The summed E-state index contributed by atoms with van der Waals surface area (Å²) in [4.78, 5) is 0. The Balaban J connectivity index is 2.17. The molecule has 1 aromatic rings. The first-order valence-corrected chi connectivity index (χ1v) is 6.25. The Labute approximate surface area is 106 Å². The summed E-state index contributed by atoms with van der Waals surface area (Å²) in [7, 11) is 0. The molecule has 0 radical (unpaired) electrons. The molecule has 0 bridgehead atoms. The van der Waals surface area contributed by atoms with E-state index >= 15 is 0 Å². The maximum atomic E-state index is 13.8. The number of halogens is 2. The molecule has 2 rings (SSSR count). The van der Waals surface area contributed by atoms with Crippen molar-refractivity contribution in [2.75, 3.05) is 19.8 Å². The summed E-state index contributed by atoms with van der Waals surface area (Å²) in [5.74, 6) is -0.239. The molecule has 94 valence electrons. The highest BCUT2D eigenvalue weighted by Crippen LogP contribution is 2.34. The second-order valence-corrected chi connectivity index (χ2v) is 5.17. The molecule has 0 aromatic heterocycles. The summed E-state index contributed by atoms with van der Waals surface area (Å²) in [6.45, 7) is 2.00. The zero-order chi connectivity index (χ0) is 12.3. The standard InChI is InChI=1S/C13H17ClFNO/c14-11-2-1-10(12(15)7-11)8-13(9-16)3-5-17-6-4-13/h1-2,7H,3-6,8-9,16H2. The quantitative estimate of drug-likeness (QED) is 0.904. The van der Waals surface area contributed by atoms with Gasteiger partial charge in [0.1, 0.15) is 5.82 Å². The second-order valence-electron chi connectivity index (χ2n) is 4.73. The van der Waals surface area contributed by atoms with E-state index in [-0.39, 0.29) is 11.2 Å². The van der Waals surface area contributed by atoms with Gasteiger partial charge in [-0.3, -0.25) is 0 Å². The highest BCUT2D eigenvalue weighted by Gasteiger charge is 2.32. The smallest absolute Gasteiger partial charge is 0.127 e. The fourth-order valence-electron chi connectivity index (χ4n) is 2.33. The zero-order valence-corrected chi connectivity index (χ0v) is 10.5. The van der Waals surface area contributed by atoms with Gasteiger partial charge in [-0.1, -0.05) is 17.7 Å². The Morgan fingerprint density at radius 2 is 2.06 bits per heavy atom. The van der Waals surface area contributed by atoms with Crippen LogP contribution in [-0.4, -0.2) is 19.8 Å². The van der Waals surface area contributed by atoms with Crippen molar-refractivity contribution < 1.29 is 9.13 Å². The van der Waals surface area contributed by atoms with Crippen LogP contribution >= 0.6 is 11.6 Å². The van der Waals surface area contributed by atoms with Crippen LogP contribution in [0.5, 0.6) is 0 Å². The van der Waals surface area contributed by atoms with E-state index in [2.05, 4.69) is 0 Å². The van der Waals surface area contributed by atoms with Crippen molar-refractivity contribution in [1.29, 1.82) is 0 Å². The molecule has 0 spiro atoms. The highest BCUT2D eigenvalue weighted by molar-refractivity contribution is 6.30. The average molecular weight is 258 g/mol. The van der Waals surface area contributed by atoms with Crippen molar-refractivity contribution >= 4 is 11.6 Å². The van der Waals surface area contributed by atoms with Crippen molar-refractivity contribution in [3.63, 3.8) is 0 Å². The summed E-state index contributed by atoms with van der Waals surface area (Å²) in [5, 5.41) is 0.431. The van der Waals surface area contributed by atoms with Crippen molar-refractivity contribution in [2.24, 2.45) is 11.1 Å². The maximum absolute atomic E-state index is 13.8. The lowest BCUT2D eigenvalue weighted by Crippen LogP contribution is -2.38. The molecule has 4 heteroatoms. The maximum Gasteiger partial charge on any atom is 0.127 e. The van der Waals surface area contributed by atoms with Crippen molar-refractivity contribution in [3.05, 3.63) is 34.6 Å². The van der Waals surface area contributed by atoms with Gasteiger partial charge < -0.3 is 10.5 Å². The van der Waals surface area contributed by atoms with Crippen LogP contribution in [0.4, 0.5) is 4.39 Å². The summed E-state index contributed by atoms with van der Waals surface area (Å²) in [6, 6.07) is 4.84. The van der Waals surface area contributed by atoms with E-state index in [9.17, 15) is 4.39 Å². The molecule has 0 unspecified atom stereocenters. The van der Waals surface area contributed by atoms with E-state index in [0.29, 0.717) is 36.8 Å². The van der Waals surface area contributed by atoms with Gasteiger partial charge in [-0.15, -0.1) is 0 Å². The SMILES string of the molecule is NCC1(Cc2ccc(Cl)cc2F)CCOCC1. The molecule has 1 aromatic carbocycles. The molecule has 0 saturated carbocycles. The molecule has 1 saturated heterocycles. The van der Waals surface area contributed by atoms with Crippen LogP contribution in [0.3, 0.4) is 0 Å². The van der Waals surface area contributed by atoms with Gasteiger partial charge in [0.2, 0.25) is 0 Å². The van der Waals surface area contributed by atoms with Crippen molar-refractivity contribution in [3.8, 4) is 0 Å². The zero-order valence-electron chi connectivity index (χ0n) is 9.72. The van der Waals surface area contributed by atoms with Crippen molar-refractivity contribution in [1.82, 2.24) is 0 Å². The largest absolute Gasteiger partial charge is 0.381 e.